The molecular weight excluding hydrogens is 400 g/mol. The summed E-state index contributed by atoms with van der Waals surface area (Å²) in [6.45, 7) is 4.87. The van der Waals surface area contributed by atoms with Gasteiger partial charge in [0.2, 0.25) is 11.8 Å². The van der Waals surface area contributed by atoms with Crippen LogP contribution in [0, 0.1) is 13.8 Å². The van der Waals surface area contributed by atoms with Crippen molar-refractivity contribution >= 4 is 56.1 Å². The van der Waals surface area contributed by atoms with Crippen LogP contribution in [0.4, 0.5) is 10.3 Å². The van der Waals surface area contributed by atoms with E-state index in [1.54, 1.807) is 16.2 Å². The number of aromatic nitrogens is 2. The number of amides is 2. The Bertz CT molecular complexity index is 1000. The summed E-state index contributed by atoms with van der Waals surface area (Å²) in [6, 6.07) is 2.12. The molecule has 27 heavy (non-hydrogen) atoms. The third-order valence-electron chi connectivity index (χ3n) is 4.25. The fourth-order valence-corrected chi connectivity index (χ4v) is 5.55. The minimum atomic E-state index is -0.154. The molecule has 4 rings (SSSR count). The summed E-state index contributed by atoms with van der Waals surface area (Å²) in [4.78, 5) is 37.3. The summed E-state index contributed by atoms with van der Waals surface area (Å²) in [5, 5.41) is 7.92. The largest absolute Gasteiger partial charge is 0.302 e. The van der Waals surface area contributed by atoms with Crippen molar-refractivity contribution in [3.8, 4) is 11.3 Å². The van der Waals surface area contributed by atoms with Gasteiger partial charge in [0.05, 0.1) is 17.8 Å². The van der Waals surface area contributed by atoms with E-state index in [0.717, 1.165) is 17.7 Å². The average Bonchev–Trinajstić information content (AvgIpc) is 3.36. The van der Waals surface area contributed by atoms with E-state index in [4.69, 9.17) is 0 Å². The molecule has 6 nitrogen and oxygen atoms in total. The summed E-state index contributed by atoms with van der Waals surface area (Å²) in [6.07, 6.45) is 1.61. The van der Waals surface area contributed by atoms with Crippen molar-refractivity contribution in [3.05, 3.63) is 32.3 Å². The Morgan fingerprint density at radius 1 is 1.26 bits per heavy atom. The summed E-state index contributed by atoms with van der Waals surface area (Å²) in [5.74, 6) is -0.0478. The zero-order valence-electron chi connectivity index (χ0n) is 14.9. The van der Waals surface area contributed by atoms with Gasteiger partial charge in [0.15, 0.2) is 10.3 Å². The van der Waals surface area contributed by atoms with Crippen molar-refractivity contribution in [2.75, 3.05) is 16.8 Å². The number of hydrogen-bond donors (Lipinski definition) is 1. The van der Waals surface area contributed by atoms with Crippen molar-refractivity contribution in [1.29, 1.82) is 0 Å². The molecule has 1 N–H and O–H groups in total. The maximum Gasteiger partial charge on any atom is 0.232 e. The van der Waals surface area contributed by atoms with Gasteiger partial charge in [-0.2, -0.15) is 0 Å². The second-order valence-electron chi connectivity index (χ2n) is 6.36. The quantitative estimate of drug-likeness (QED) is 0.672. The predicted octanol–water partition coefficient (Wildman–Crippen LogP) is 4.25. The Morgan fingerprint density at radius 2 is 2.11 bits per heavy atom. The highest BCUT2D eigenvalue weighted by atomic mass is 32.1. The maximum absolute atomic E-state index is 12.3. The van der Waals surface area contributed by atoms with Gasteiger partial charge in [-0.15, -0.1) is 34.0 Å². The molecule has 1 saturated heterocycles. The summed E-state index contributed by atoms with van der Waals surface area (Å²) in [7, 11) is 0. The lowest BCUT2D eigenvalue weighted by Crippen LogP contribution is -2.23. The van der Waals surface area contributed by atoms with Crippen LogP contribution in [0.5, 0.6) is 0 Å². The smallest absolute Gasteiger partial charge is 0.232 e. The molecule has 3 aromatic heterocycles. The molecule has 2 amide bonds. The number of hydrogen-bond acceptors (Lipinski definition) is 7. The highest BCUT2D eigenvalue weighted by molar-refractivity contribution is 7.14. The van der Waals surface area contributed by atoms with Crippen molar-refractivity contribution in [3.63, 3.8) is 0 Å². The van der Waals surface area contributed by atoms with Gasteiger partial charge in [0.1, 0.15) is 0 Å². The summed E-state index contributed by atoms with van der Waals surface area (Å²) >= 11 is 4.57. The van der Waals surface area contributed by atoms with E-state index >= 15 is 0 Å². The third-order valence-corrected chi connectivity index (χ3v) is 6.89. The van der Waals surface area contributed by atoms with Gasteiger partial charge in [-0.05, 0) is 26.3 Å². The lowest BCUT2D eigenvalue weighted by molar-refractivity contribution is -0.117. The molecule has 0 aliphatic carbocycles. The fourth-order valence-electron chi connectivity index (χ4n) is 3.02. The summed E-state index contributed by atoms with van der Waals surface area (Å²) < 4.78 is 0. The van der Waals surface area contributed by atoms with Crippen LogP contribution in [0.15, 0.2) is 16.8 Å². The number of thiazole rings is 2. The number of nitrogens with one attached hydrogen (secondary N) is 1. The Balaban J connectivity index is 1.39. The van der Waals surface area contributed by atoms with E-state index in [0.29, 0.717) is 28.9 Å². The van der Waals surface area contributed by atoms with E-state index in [1.807, 2.05) is 10.8 Å². The monoisotopic (exact) mass is 418 g/mol. The minimum Gasteiger partial charge on any atom is -0.302 e. The molecule has 0 aromatic carbocycles. The first kappa shape index (κ1) is 18.3. The van der Waals surface area contributed by atoms with Crippen LogP contribution in [0.1, 0.15) is 28.3 Å². The van der Waals surface area contributed by atoms with Gasteiger partial charge in [0.25, 0.3) is 0 Å². The fraction of sp³-hybridized carbons (Fsp3) is 0.333. The van der Waals surface area contributed by atoms with Gasteiger partial charge >= 0.3 is 0 Å². The van der Waals surface area contributed by atoms with Crippen LogP contribution >= 0.6 is 34.0 Å². The lowest BCUT2D eigenvalue weighted by atomic mass is 10.2. The van der Waals surface area contributed by atoms with Gasteiger partial charge in [-0.1, -0.05) is 0 Å². The van der Waals surface area contributed by atoms with Crippen LogP contribution in [0.3, 0.4) is 0 Å². The second-order valence-corrected chi connectivity index (χ2v) is 9.52. The Hall–Kier alpha value is -2.10. The number of carbonyl (C=O) groups excluding carboxylic acids is 2. The Morgan fingerprint density at radius 3 is 2.81 bits per heavy atom. The van der Waals surface area contributed by atoms with Crippen molar-refractivity contribution in [2.24, 2.45) is 0 Å². The zero-order chi connectivity index (χ0) is 19.0. The van der Waals surface area contributed by atoms with Crippen LogP contribution in [0.2, 0.25) is 0 Å². The first-order valence-electron chi connectivity index (χ1n) is 8.57. The number of thiophene rings is 1. The highest BCUT2D eigenvalue weighted by Crippen LogP contribution is 2.32. The molecule has 0 unspecified atom stereocenters. The maximum atomic E-state index is 12.3. The second kappa shape index (κ2) is 7.49. The van der Waals surface area contributed by atoms with Gasteiger partial charge in [-0.25, -0.2) is 9.97 Å². The number of rotatable bonds is 5. The van der Waals surface area contributed by atoms with Crippen LogP contribution in [0.25, 0.3) is 11.3 Å². The van der Waals surface area contributed by atoms with Crippen molar-refractivity contribution < 1.29 is 9.59 Å². The number of nitrogens with zero attached hydrogens (tertiary/aromatic N) is 3. The van der Waals surface area contributed by atoms with Crippen LogP contribution in [-0.4, -0.2) is 28.3 Å². The standard InChI is InChI=1S/C18H18N4O2S3/c1-10-6-13(11(2)27-10)14-9-25-17(20-14)21-15(23)7-12-8-26-18(19-12)22-5-3-4-16(22)24/h6,8-9H,3-5,7H2,1-2H3,(H,20,21,23). The molecule has 4 heterocycles. The molecule has 1 aliphatic rings. The normalized spacial score (nSPS) is 14.1. The third kappa shape index (κ3) is 3.95. The lowest BCUT2D eigenvalue weighted by Gasteiger charge is -2.10. The molecule has 9 heteroatoms. The molecule has 140 valence electrons. The van der Waals surface area contributed by atoms with Crippen molar-refractivity contribution in [1.82, 2.24) is 9.97 Å². The van der Waals surface area contributed by atoms with Crippen LogP contribution < -0.4 is 10.2 Å². The van der Waals surface area contributed by atoms with E-state index in [-0.39, 0.29) is 18.2 Å². The number of carbonyl (C=O) groups is 2. The molecular formula is C18H18N4O2S3. The van der Waals surface area contributed by atoms with Gasteiger partial charge in [-0.3, -0.25) is 14.5 Å². The topological polar surface area (TPSA) is 75.2 Å². The van der Waals surface area contributed by atoms with Gasteiger partial charge in [0, 0.05) is 39.0 Å². The van der Waals surface area contributed by atoms with Crippen LogP contribution in [-0.2, 0) is 16.0 Å². The molecule has 1 aliphatic heterocycles. The first-order valence-corrected chi connectivity index (χ1v) is 11.1. The molecule has 3 aromatic rings. The molecule has 0 saturated carbocycles. The highest BCUT2D eigenvalue weighted by Gasteiger charge is 2.24. The molecule has 0 spiro atoms. The molecule has 0 atom stereocenters. The van der Waals surface area contributed by atoms with E-state index in [9.17, 15) is 9.59 Å². The Kier molecular flexibility index (Phi) is 5.07. The zero-order valence-corrected chi connectivity index (χ0v) is 17.4. The summed E-state index contributed by atoms with van der Waals surface area (Å²) in [5.41, 5.74) is 2.68. The SMILES string of the molecule is Cc1cc(-c2csc(NC(=O)Cc3csc(N4CCCC4=O)n3)n2)c(C)s1. The number of anilines is 2. The first-order chi connectivity index (χ1) is 13.0. The molecule has 0 radical (unpaired) electrons. The predicted molar refractivity (Wildman–Crippen MR) is 111 cm³/mol. The van der Waals surface area contributed by atoms with E-state index < -0.39 is 0 Å². The number of aryl methyl sites for hydroxylation is 2. The van der Waals surface area contributed by atoms with Crippen molar-refractivity contribution in [2.45, 2.75) is 33.1 Å². The Labute approximate surface area is 168 Å². The molecule has 0 bridgehead atoms. The van der Waals surface area contributed by atoms with E-state index in [1.165, 1.54) is 32.4 Å². The van der Waals surface area contributed by atoms with E-state index in [2.05, 4.69) is 35.2 Å². The van der Waals surface area contributed by atoms with Gasteiger partial charge < -0.3 is 5.32 Å². The molecule has 1 fully saturated rings. The average molecular weight is 419 g/mol. The minimum absolute atomic E-state index is 0.106.